The van der Waals surface area contributed by atoms with Gasteiger partial charge < -0.3 is 15.0 Å². The average molecular weight is 500 g/mol. The van der Waals surface area contributed by atoms with E-state index < -0.39 is 17.0 Å². The number of rotatable bonds is 4. The maximum Gasteiger partial charge on any atom is 0.270 e. The van der Waals surface area contributed by atoms with Crippen molar-refractivity contribution in [3.05, 3.63) is 64.8 Å². The number of aromatic nitrogens is 1. The maximum absolute atomic E-state index is 13.8. The summed E-state index contributed by atoms with van der Waals surface area (Å²) in [5, 5.41) is 3.88. The number of nitrogens with zero attached hydrogens (tertiary/aromatic N) is 2. The van der Waals surface area contributed by atoms with E-state index >= 15 is 0 Å². The highest BCUT2D eigenvalue weighted by Crippen LogP contribution is 2.47. The number of methoxy groups -OCH3 is 1. The van der Waals surface area contributed by atoms with Crippen molar-refractivity contribution in [3.63, 3.8) is 0 Å². The minimum Gasteiger partial charge on any atom is -0.496 e. The number of benzene rings is 2. The van der Waals surface area contributed by atoms with Crippen LogP contribution in [0.2, 0.25) is 5.02 Å². The smallest absolute Gasteiger partial charge is 0.270 e. The highest BCUT2D eigenvalue weighted by atomic mass is 35.5. The minimum atomic E-state index is -1.05. The van der Waals surface area contributed by atoms with Crippen LogP contribution < -0.4 is 15.0 Å². The van der Waals surface area contributed by atoms with E-state index in [-0.39, 0.29) is 34.3 Å². The van der Waals surface area contributed by atoms with Gasteiger partial charge in [-0.15, -0.1) is 0 Å². The molecule has 35 heavy (non-hydrogen) atoms. The summed E-state index contributed by atoms with van der Waals surface area (Å²) in [4.78, 5) is 32.2. The van der Waals surface area contributed by atoms with Gasteiger partial charge in [0.2, 0.25) is 5.91 Å². The van der Waals surface area contributed by atoms with E-state index in [1.807, 2.05) is 24.3 Å². The van der Waals surface area contributed by atoms with E-state index in [1.54, 1.807) is 13.2 Å². The van der Waals surface area contributed by atoms with Crippen LogP contribution in [0.1, 0.15) is 42.6 Å². The highest BCUT2D eigenvalue weighted by molar-refractivity contribution is 6.34. The molecule has 1 aliphatic heterocycles. The first-order valence-electron chi connectivity index (χ1n) is 11.5. The van der Waals surface area contributed by atoms with Crippen LogP contribution >= 0.6 is 11.6 Å². The Morgan fingerprint density at radius 1 is 1.14 bits per heavy atom. The van der Waals surface area contributed by atoms with E-state index in [9.17, 15) is 18.4 Å². The second kappa shape index (κ2) is 9.07. The molecule has 1 saturated heterocycles. The summed E-state index contributed by atoms with van der Waals surface area (Å²) in [6.07, 6.45) is 3.03. The normalized spacial score (nSPS) is 22.1. The maximum atomic E-state index is 13.8. The van der Waals surface area contributed by atoms with Crippen molar-refractivity contribution in [2.24, 2.45) is 5.41 Å². The van der Waals surface area contributed by atoms with Crippen LogP contribution in [0.5, 0.6) is 5.75 Å². The van der Waals surface area contributed by atoms with Crippen molar-refractivity contribution in [3.8, 4) is 5.75 Å². The first-order valence-corrected chi connectivity index (χ1v) is 11.9. The summed E-state index contributed by atoms with van der Waals surface area (Å²) < 4.78 is 32.7. The van der Waals surface area contributed by atoms with Crippen LogP contribution in [0.4, 0.5) is 14.5 Å². The van der Waals surface area contributed by atoms with Crippen LogP contribution in [0, 0.1) is 17.0 Å². The number of carbonyl (C=O) groups excluding carboxylic acids is 2. The summed E-state index contributed by atoms with van der Waals surface area (Å²) >= 11 is 6.11. The molecular formula is C26H24ClF2N3O3. The number of pyridine rings is 1. The number of hydrogen-bond acceptors (Lipinski definition) is 4. The first kappa shape index (κ1) is 23.5. The molecule has 2 heterocycles. The summed E-state index contributed by atoms with van der Waals surface area (Å²) in [5.41, 5.74) is 0.558. The quantitative estimate of drug-likeness (QED) is 0.496. The summed E-state index contributed by atoms with van der Waals surface area (Å²) in [7, 11) is 1.56. The third-order valence-corrected chi connectivity index (χ3v) is 7.50. The standard InChI is InChI=1S/C26H24ClF2N3O3/c1-35-23-14-21(31-20-5-3-2-4-16(20)23)24(33)30-15-6-8-26(9-7-15)10-11-32(25(26)34)22-13-19(29)18(28)12-17(22)27/h2-5,12-15H,6-11H2,1H3,(H,30,33). The minimum absolute atomic E-state index is 0.00793. The van der Waals surface area contributed by atoms with Crippen molar-refractivity contribution in [1.29, 1.82) is 0 Å². The van der Waals surface area contributed by atoms with Crippen LogP contribution in [-0.4, -0.2) is 36.5 Å². The van der Waals surface area contributed by atoms with Crippen molar-refractivity contribution in [1.82, 2.24) is 10.3 Å². The van der Waals surface area contributed by atoms with Gasteiger partial charge in [-0.05, 0) is 50.3 Å². The molecule has 1 aliphatic carbocycles. The Balaban J connectivity index is 1.26. The largest absolute Gasteiger partial charge is 0.496 e. The molecular weight excluding hydrogens is 476 g/mol. The molecule has 0 atom stereocenters. The lowest BCUT2D eigenvalue weighted by molar-refractivity contribution is -0.127. The third kappa shape index (κ3) is 4.20. The Morgan fingerprint density at radius 2 is 1.86 bits per heavy atom. The van der Waals surface area contributed by atoms with E-state index in [0.717, 1.165) is 17.5 Å². The summed E-state index contributed by atoms with van der Waals surface area (Å²) in [6, 6.07) is 10.9. The number of carbonyl (C=O) groups is 2. The summed E-state index contributed by atoms with van der Waals surface area (Å²) in [6.45, 7) is 0.390. The molecule has 0 unspecified atom stereocenters. The molecule has 2 aromatic carbocycles. The molecule has 6 nitrogen and oxygen atoms in total. The molecule has 182 valence electrons. The van der Waals surface area contributed by atoms with Gasteiger partial charge in [-0.3, -0.25) is 9.59 Å². The number of hydrogen-bond donors (Lipinski definition) is 1. The molecule has 2 fully saturated rings. The van der Waals surface area contributed by atoms with Crippen LogP contribution in [0.25, 0.3) is 10.9 Å². The first-order chi connectivity index (χ1) is 16.8. The second-order valence-corrected chi connectivity index (χ2v) is 9.59. The van der Waals surface area contributed by atoms with Gasteiger partial charge in [-0.1, -0.05) is 23.7 Å². The molecule has 2 aliphatic rings. The van der Waals surface area contributed by atoms with E-state index in [4.69, 9.17) is 16.3 Å². The fraction of sp³-hybridized carbons (Fsp3) is 0.346. The van der Waals surface area contributed by atoms with E-state index in [2.05, 4.69) is 10.3 Å². The predicted octanol–water partition coefficient (Wildman–Crippen LogP) is 5.27. The van der Waals surface area contributed by atoms with Crippen molar-refractivity contribution in [2.75, 3.05) is 18.6 Å². The molecule has 3 aromatic rings. The molecule has 1 spiro atoms. The number of nitrogens with one attached hydrogen (secondary N) is 1. The van der Waals surface area contributed by atoms with Crippen molar-refractivity contribution < 1.29 is 23.1 Å². The number of ether oxygens (including phenoxy) is 1. The number of para-hydroxylation sites is 1. The van der Waals surface area contributed by atoms with Gasteiger partial charge in [0.1, 0.15) is 11.4 Å². The van der Waals surface area contributed by atoms with Crippen LogP contribution in [-0.2, 0) is 4.79 Å². The number of amides is 2. The molecule has 1 aromatic heterocycles. The third-order valence-electron chi connectivity index (χ3n) is 7.20. The molecule has 5 rings (SSSR count). The molecule has 2 amide bonds. The van der Waals surface area contributed by atoms with E-state index in [0.29, 0.717) is 49.9 Å². The highest BCUT2D eigenvalue weighted by Gasteiger charge is 2.49. The Labute approximate surface area is 206 Å². The Kier molecular flexibility index (Phi) is 6.09. The lowest BCUT2D eigenvalue weighted by Crippen LogP contribution is -2.44. The van der Waals surface area contributed by atoms with Gasteiger partial charge in [0.15, 0.2) is 11.6 Å². The fourth-order valence-corrected chi connectivity index (χ4v) is 5.49. The zero-order valence-electron chi connectivity index (χ0n) is 19.1. The Hall–Kier alpha value is -3.26. The van der Waals surface area contributed by atoms with Gasteiger partial charge in [0, 0.05) is 30.1 Å². The second-order valence-electron chi connectivity index (χ2n) is 9.18. The number of halogens is 3. The van der Waals surface area contributed by atoms with Gasteiger partial charge in [-0.25, -0.2) is 13.8 Å². The lowest BCUT2D eigenvalue weighted by atomic mass is 9.71. The van der Waals surface area contributed by atoms with Crippen LogP contribution in [0.15, 0.2) is 42.5 Å². The van der Waals surface area contributed by atoms with Gasteiger partial charge in [0.05, 0.1) is 28.8 Å². The zero-order chi connectivity index (χ0) is 24.7. The number of fused-ring (bicyclic) bond motifs is 1. The van der Waals surface area contributed by atoms with Crippen LogP contribution in [0.3, 0.4) is 0 Å². The summed E-state index contributed by atoms with van der Waals surface area (Å²) in [5.74, 6) is -1.92. The Bertz CT molecular complexity index is 1320. The fourth-order valence-electron chi connectivity index (χ4n) is 5.24. The predicted molar refractivity (Wildman–Crippen MR) is 129 cm³/mol. The van der Waals surface area contributed by atoms with Gasteiger partial charge in [-0.2, -0.15) is 0 Å². The topological polar surface area (TPSA) is 71.5 Å². The molecule has 1 N–H and O–H groups in total. The Morgan fingerprint density at radius 3 is 2.60 bits per heavy atom. The average Bonchev–Trinajstić information content (AvgIpc) is 3.17. The SMILES string of the molecule is COc1cc(C(=O)NC2CCC3(CC2)CCN(c2cc(F)c(F)cc2Cl)C3=O)nc2ccccc12. The monoisotopic (exact) mass is 499 g/mol. The molecule has 0 bridgehead atoms. The van der Waals surface area contributed by atoms with Crippen molar-refractivity contribution in [2.45, 2.75) is 38.1 Å². The van der Waals surface area contributed by atoms with Crippen molar-refractivity contribution >= 4 is 40.0 Å². The molecule has 1 saturated carbocycles. The number of anilines is 1. The zero-order valence-corrected chi connectivity index (χ0v) is 19.9. The molecule has 9 heteroatoms. The van der Waals surface area contributed by atoms with Gasteiger partial charge in [0.25, 0.3) is 5.91 Å². The van der Waals surface area contributed by atoms with Gasteiger partial charge >= 0.3 is 0 Å². The van der Waals surface area contributed by atoms with E-state index in [1.165, 1.54) is 4.90 Å². The molecule has 0 radical (unpaired) electrons. The lowest BCUT2D eigenvalue weighted by Gasteiger charge is -2.36.